The van der Waals surface area contributed by atoms with Crippen molar-refractivity contribution in [1.82, 2.24) is 15.0 Å². The van der Waals surface area contributed by atoms with Gasteiger partial charge in [0.25, 0.3) is 0 Å². The molecule has 10 heteroatoms. The van der Waals surface area contributed by atoms with Crippen LogP contribution in [-0.4, -0.2) is 34.7 Å². The minimum atomic E-state index is -0.318. The van der Waals surface area contributed by atoms with Crippen LogP contribution in [0.1, 0.15) is 29.3 Å². The molecule has 1 atom stereocenters. The van der Waals surface area contributed by atoms with Gasteiger partial charge in [-0.1, -0.05) is 5.16 Å². The first kappa shape index (κ1) is 25.4. The van der Waals surface area contributed by atoms with E-state index in [4.69, 9.17) is 10.3 Å². The predicted molar refractivity (Wildman–Crippen MR) is 133 cm³/mol. The Morgan fingerprint density at radius 1 is 1.09 bits per heavy atom. The standard InChI is InChI=1S/C23H22F2N4OS.2ClH/c24-16-5-3-14(4-6-16)21-22(31-23(26)27-21)15-9-11-29(13-15)10-1-2-19-18-8-7-17(25)12-20(18)30-28-19;;/h3-8,12,15H,1-2,9-11,13H2,(H2,26,27);2*1H. The lowest BCUT2D eigenvalue weighted by atomic mass is 10.0. The second kappa shape index (κ2) is 10.8. The summed E-state index contributed by atoms with van der Waals surface area (Å²) in [4.78, 5) is 8.14. The van der Waals surface area contributed by atoms with Gasteiger partial charge in [-0.2, -0.15) is 0 Å². The van der Waals surface area contributed by atoms with Crippen molar-refractivity contribution in [1.29, 1.82) is 0 Å². The molecule has 0 aliphatic carbocycles. The van der Waals surface area contributed by atoms with E-state index in [9.17, 15) is 8.78 Å². The molecule has 5 rings (SSSR count). The quantitative estimate of drug-likeness (QED) is 0.339. The van der Waals surface area contributed by atoms with E-state index in [0.717, 1.165) is 61.2 Å². The summed E-state index contributed by atoms with van der Waals surface area (Å²) < 4.78 is 31.9. The number of halogens is 4. The molecular formula is C23H24Cl2F2N4OS. The van der Waals surface area contributed by atoms with Crippen molar-refractivity contribution < 1.29 is 13.3 Å². The van der Waals surface area contributed by atoms with Crippen LogP contribution in [0, 0.1) is 11.6 Å². The first-order valence-corrected chi connectivity index (χ1v) is 11.2. The molecule has 0 amide bonds. The molecule has 2 aromatic heterocycles. The average molecular weight is 513 g/mol. The summed E-state index contributed by atoms with van der Waals surface area (Å²) in [6.45, 7) is 2.91. The molecule has 2 N–H and O–H groups in total. The van der Waals surface area contributed by atoms with Gasteiger partial charge >= 0.3 is 0 Å². The number of nitrogens with two attached hydrogens (primary N) is 1. The highest BCUT2D eigenvalue weighted by atomic mass is 35.5. The van der Waals surface area contributed by atoms with Crippen molar-refractivity contribution in [3.63, 3.8) is 0 Å². The molecule has 1 unspecified atom stereocenters. The molecule has 1 saturated heterocycles. The molecule has 1 aliphatic rings. The van der Waals surface area contributed by atoms with Crippen molar-refractivity contribution in [2.45, 2.75) is 25.2 Å². The number of hydrogen-bond acceptors (Lipinski definition) is 6. The Balaban J connectivity index is 0.00000153. The molecular weight excluding hydrogens is 489 g/mol. The van der Waals surface area contributed by atoms with E-state index < -0.39 is 0 Å². The number of thiazole rings is 1. The number of anilines is 1. The van der Waals surface area contributed by atoms with Gasteiger partial charge < -0.3 is 15.2 Å². The van der Waals surface area contributed by atoms with E-state index in [1.807, 2.05) is 0 Å². The van der Waals surface area contributed by atoms with Gasteiger partial charge in [0.1, 0.15) is 11.6 Å². The zero-order valence-corrected chi connectivity index (χ0v) is 20.1. The van der Waals surface area contributed by atoms with E-state index in [2.05, 4.69) is 15.0 Å². The van der Waals surface area contributed by atoms with E-state index in [0.29, 0.717) is 16.6 Å². The fourth-order valence-electron chi connectivity index (χ4n) is 4.30. The van der Waals surface area contributed by atoms with Crippen LogP contribution < -0.4 is 5.73 Å². The Labute approximate surface area is 206 Å². The number of benzene rings is 2. The van der Waals surface area contributed by atoms with Crippen LogP contribution >= 0.6 is 36.2 Å². The van der Waals surface area contributed by atoms with Crippen LogP contribution in [0.5, 0.6) is 0 Å². The normalized spacial score (nSPS) is 16.0. The Bertz CT molecular complexity index is 1220. The number of nitrogens with zero attached hydrogens (tertiary/aromatic N) is 3. The highest BCUT2D eigenvalue weighted by molar-refractivity contribution is 7.15. The van der Waals surface area contributed by atoms with Gasteiger partial charge in [-0.3, -0.25) is 0 Å². The van der Waals surface area contributed by atoms with Crippen LogP contribution in [-0.2, 0) is 6.42 Å². The summed E-state index contributed by atoms with van der Waals surface area (Å²) in [6, 6.07) is 11.0. The van der Waals surface area contributed by atoms with E-state index in [1.165, 1.54) is 40.5 Å². The van der Waals surface area contributed by atoms with E-state index >= 15 is 0 Å². The summed E-state index contributed by atoms with van der Waals surface area (Å²) >= 11 is 1.53. The maximum Gasteiger partial charge on any atom is 0.180 e. The number of likely N-dealkylation sites (tertiary alicyclic amines) is 1. The first-order chi connectivity index (χ1) is 15.1. The summed E-state index contributed by atoms with van der Waals surface area (Å²) in [5, 5.41) is 5.53. The Morgan fingerprint density at radius 3 is 2.64 bits per heavy atom. The Kier molecular flexibility index (Phi) is 8.28. The molecule has 0 spiro atoms. The molecule has 0 saturated carbocycles. The van der Waals surface area contributed by atoms with Crippen molar-refractivity contribution in [2.24, 2.45) is 0 Å². The maximum absolute atomic E-state index is 13.3. The molecule has 0 bridgehead atoms. The highest BCUT2D eigenvalue weighted by Gasteiger charge is 2.28. The lowest BCUT2D eigenvalue weighted by Gasteiger charge is -2.15. The number of nitrogen functional groups attached to an aromatic ring is 1. The molecule has 33 heavy (non-hydrogen) atoms. The molecule has 1 fully saturated rings. The second-order valence-corrected chi connectivity index (χ2v) is 8.99. The number of fused-ring (bicyclic) bond motifs is 1. The topological polar surface area (TPSA) is 68.2 Å². The second-order valence-electron chi connectivity index (χ2n) is 7.93. The molecule has 5 nitrogen and oxygen atoms in total. The van der Waals surface area contributed by atoms with Crippen LogP contribution in [0.15, 0.2) is 47.0 Å². The van der Waals surface area contributed by atoms with Crippen LogP contribution in [0.25, 0.3) is 22.2 Å². The van der Waals surface area contributed by atoms with Crippen LogP contribution in [0.2, 0.25) is 0 Å². The number of rotatable bonds is 6. The zero-order valence-electron chi connectivity index (χ0n) is 17.7. The molecule has 1 aliphatic heterocycles. The minimum absolute atomic E-state index is 0. The number of aromatic nitrogens is 2. The summed E-state index contributed by atoms with van der Waals surface area (Å²) in [6.07, 6.45) is 2.78. The highest BCUT2D eigenvalue weighted by Crippen LogP contribution is 2.39. The van der Waals surface area contributed by atoms with E-state index in [-0.39, 0.29) is 36.4 Å². The maximum atomic E-state index is 13.3. The van der Waals surface area contributed by atoms with Gasteiger partial charge in [-0.05, 0) is 68.8 Å². The molecule has 3 heterocycles. The Hall–Kier alpha value is -2.26. The summed E-state index contributed by atoms with van der Waals surface area (Å²) in [5.41, 5.74) is 9.16. The van der Waals surface area contributed by atoms with Crippen LogP contribution in [0.4, 0.5) is 13.9 Å². The van der Waals surface area contributed by atoms with Crippen LogP contribution in [0.3, 0.4) is 0 Å². The van der Waals surface area contributed by atoms with Crippen molar-refractivity contribution in [3.05, 3.63) is 64.7 Å². The SMILES string of the molecule is Cl.Cl.Nc1nc(-c2ccc(F)cc2)c(C2CCN(CCCc3noc4cc(F)ccc34)C2)s1. The monoisotopic (exact) mass is 512 g/mol. The lowest BCUT2D eigenvalue weighted by molar-refractivity contribution is 0.328. The fraction of sp³-hybridized carbons (Fsp3) is 0.304. The minimum Gasteiger partial charge on any atom is -0.375 e. The van der Waals surface area contributed by atoms with Gasteiger partial charge in [-0.15, -0.1) is 36.2 Å². The van der Waals surface area contributed by atoms with Crippen molar-refractivity contribution in [3.8, 4) is 11.3 Å². The third kappa shape index (κ3) is 5.46. The van der Waals surface area contributed by atoms with Crippen molar-refractivity contribution in [2.75, 3.05) is 25.4 Å². The van der Waals surface area contributed by atoms with Crippen molar-refractivity contribution >= 4 is 52.3 Å². The third-order valence-electron chi connectivity index (χ3n) is 5.83. The zero-order chi connectivity index (χ0) is 21.4. The third-order valence-corrected chi connectivity index (χ3v) is 6.87. The van der Waals surface area contributed by atoms with Gasteiger partial charge in [0.05, 0.1) is 11.4 Å². The number of aryl methyl sites for hydroxylation is 1. The molecule has 0 radical (unpaired) electrons. The number of hydrogen-bond donors (Lipinski definition) is 1. The predicted octanol–water partition coefficient (Wildman–Crippen LogP) is 6.08. The molecule has 2 aromatic carbocycles. The molecule has 176 valence electrons. The van der Waals surface area contributed by atoms with Gasteiger partial charge in [0.15, 0.2) is 10.7 Å². The van der Waals surface area contributed by atoms with Gasteiger partial charge in [-0.25, -0.2) is 13.8 Å². The summed E-state index contributed by atoms with van der Waals surface area (Å²) in [7, 11) is 0. The first-order valence-electron chi connectivity index (χ1n) is 10.3. The smallest absolute Gasteiger partial charge is 0.180 e. The summed E-state index contributed by atoms with van der Waals surface area (Å²) in [5.74, 6) is -0.210. The molecule has 4 aromatic rings. The Morgan fingerprint density at radius 2 is 1.85 bits per heavy atom. The van der Waals surface area contributed by atoms with Gasteiger partial charge in [0.2, 0.25) is 0 Å². The fourth-order valence-corrected chi connectivity index (χ4v) is 5.29. The average Bonchev–Trinajstić information content (AvgIpc) is 3.47. The lowest BCUT2D eigenvalue weighted by Crippen LogP contribution is -2.22. The van der Waals surface area contributed by atoms with E-state index in [1.54, 1.807) is 18.2 Å². The largest absolute Gasteiger partial charge is 0.375 e. The van der Waals surface area contributed by atoms with Gasteiger partial charge in [0, 0.05) is 34.4 Å².